The van der Waals surface area contributed by atoms with Crippen molar-refractivity contribution in [3.63, 3.8) is 0 Å². The van der Waals surface area contributed by atoms with Crippen LogP contribution in [0.2, 0.25) is 0 Å². The molecule has 11 heteroatoms. The van der Waals surface area contributed by atoms with Crippen LogP contribution in [0.5, 0.6) is 0 Å². The first-order valence-corrected chi connectivity index (χ1v) is 9.49. The summed E-state index contributed by atoms with van der Waals surface area (Å²) >= 11 is 0.989. The van der Waals surface area contributed by atoms with Gasteiger partial charge in [0.15, 0.2) is 0 Å². The van der Waals surface area contributed by atoms with Crippen LogP contribution in [0.4, 0.5) is 5.13 Å². The van der Waals surface area contributed by atoms with E-state index in [2.05, 4.69) is 9.98 Å². The highest BCUT2D eigenvalue weighted by atomic mass is 32.1. The van der Waals surface area contributed by atoms with E-state index in [1.165, 1.54) is 6.20 Å². The molecule has 0 radical (unpaired) electrons. The van der Waals surface area contributed by atoms with E-state index in [9.17, 15) is 4.57 Å². The lowest BCUT2D eigenvalue weighted by Crippen LogP contribution is -2.05. The Morgan fingerprint density at radius 1 is 1.19 bits per heavy atom. The van der Waals surface area contributed by atoms with Gasteiger partial charge >= 0.3 is 20.7 Å². The Morgan fingerprint density at radius 2 is 1.81 bits per heavy atom. The van der Waals surface area contributed by atoms with Gasteiger partial charge in [-0.3, -0.25) is 0 Å². The first-order chi connectivity index (χ1) is 9.68. The SMILES string of the molecule is O=P(O)(O)C(=Nc1ncc(-c2ccccc2)s1)[P+](O)(O)O. The number of hydrogen-bond donors (Lipinski definition) is 5. The highest BCUT2D eigenvalue weighted by Crippen LogP contribution is 2.61. The molecule has 21 heavy (non-hydrogen) atoms. The van der Waals surface area contributed by atoms with Crippen molar-refractivity contribution in [1.82, 2.24) is 4.98 Å². The molecule has 2 aromatic rings. The normalized spacial score (nSPS) is 13.5. The molecule has 5 N–H and O–H groups in total. The molecule has 0 amide bonds. The number of aliphatic imine (C=N–C) groups is 1. The van der Waals surface area contributed by atoms with Crippen LogP contribution in [-0.4, -0.2) is 34.6 Å². The van der Waals surface area contributed by atoms with Crippen molar-refractivity contribution in [2.24, 2.45) is 4.99 Å². The van der Waals surface area contributed by atoms with Gasteiger partial charge in [-0.15, -0.1) is 0 Å². The zero-order chi connectivity index (χ0) is 15.7. The standard InChI is InChI=1S/C10H10N2O6P2S/c13-19(14,15)10(20(16,17)18)12-9-11-6-8(21-9)7-4-2-1-3-5-7/h1-6,13-15H,(H-,16,17,18)/p+1. The van der Waals surface area contributed by atoms with Gasteiger partial charge in [0.1, 0.15) is 0 Å². The molecule has 0 unspecified atom stereocenters. The number of aromatic nitrogens is 1. The van der Waals surface area contributed by atoms with Gasteiger partial charge in [-0.2, -0.15) is 19.7 Å². The molecular weight excluding hydrogens is 338 g/mol. The van der Waals surface area contributed by atoms with Crippen LogP contribution in [0.3, 0.4) is 0 Å². The van der Waals surface area contributed by atoms with Crippen molar-refractivity contribution in [2.45, 2.75) is 0 Å². The molecule has 0 aliphatic carbocycles. The van der Waals surface area contributed by atoms with Gasteiger partial charge in [0.05, 0.1) is 4.88 Å². The van der Waals surface area contributed by atoms with Gasteiger partial charge in [0, 0.05) is 6.20 Å². The Balaban J connectivity index is 2.41. The maximum absolute atomic E-state index is 11.1. The lowest BCUT2D eigenvalue weighted by molar-refractivity contribution is 0.349. The lowest BCUT2D eigenvalue weighted by Gasteiger charge is -2.06. The van der Waals surface area contributed by atoms with E-state index in [1.54, 1.807) is 0 Å². The molecule has 112 valence electrons. The van der Waals surface area contributed by atoms with Gasteiger partial charge in [0.2, 0.25) is 5.13 Å². The number of nitrogens with zero attached hydrogens (tertiary/aromatic N) is 2. The largest absolute Gasteiger partial charge is 0.469 e. The molecule has 8 nitrogen and oxygen atoms in total. The highest BCUT2D eigenvalue weighted by Gasteiger charge is 2.52. The second-order valence-corrected chi connectivity index (χ2v) is 8.33. The summed E-state index contributed by atoms with van der Waals surface area (Å²) in [6, 6.07) is 9.08. The van der Waals surface area contributed by atoms with Crippen LogP contribution < -0.4 is 0 Å². The summed E-state index contributed by atoms with van der Waals surface area (Å²) in [6.07, 6.45) is 1.43. The summed E-state index contributed by atoms with van der Waals surface area (Å²) in [4.78, 5) is 53.1. The van der Waals surface area contributed by atoms with E-state index in [1.807, 2.05) is 30.3 Å². The molecule has 0 atom stereocenters. The maximum Gasteiger partial charge on any atom is 0.469 e. The van der Waals surface area contributed by atoms with Crippen molar-refractivity contribution < 1.29 is 29.0 Å². The molecule has 0 bridgehead atoms. The first kappa shape index (κ1) is 16.4. The number of benzene rings is 1. The van der Waals surface area contributed by atoms with Crippen molar-refractivity contribution >= 4 is 37.2 Å². The van der Waals surface area contributed by atoms with Crippen molar-refractivity contribution in [3.8, 4) is 10.4 Å². The van der Waals surface area contributed by atoms with Gasteiger partial charge in [-0.1, -0.05) is 41.7 Å². The molecule has 2 rings (SSSR count). The molecule has 1 aromatic heterocycles. The summed E-state index contributed by atoms with van der Waals surface area (Å²) in [5.74, 6) is 0. The smallest absolute Gasteiger partial charge is 0.317 e. The zero-order valence-corrected chi connectivity index (χ0v) is 12.9. The van der Waals surface area contributed by atoms with Gasteiger partial charge in [-0.25, -0.2) is 9.55 Å². The third-order valence-electron chi connectivity index (χ3n) is 2.28. The van der Waals surface area contributed by atoms with Crippen LogP contribution in [-0.2, 0) is 4.57 Å². The quantitative estimate of drug-likeness (QED) is 0.417. The summed E-state index contributed by atoms with van der Waals surface area (Å²) in [7, 11) is -10.0. The van der Waals surface area contributed by atoms with E-state index >= 15 is 0 Å². The summed E-state index contributed by atoms with van der Waals surface area (Å²) in [5.41, 5.74) is 0.826. The fourth-order valence-electron chi connectivity index (χ4n) is 1.45. The average molecular weight is 349 g/mol. The summed E-state index contributed by atoms with van der Waals surface area (Å²) < 4.78 is 11.1. The molecule has 1 heterocycles. The van der Waals surface area contributed by atoms with E-state index in [0.29, 0.717) is 4.88 Å². The molecule has 0 spiro atoms. The minimum atomic E-state index is -5.11. The maximum atomic E-state index is 11.1. The van der Waals surface area contributed by atoms with Crippen LogP contribution in [0.25, 0.3) is 10.4 Å². The van der Waals surface area contributed by atoms with Gasteiger partial charge in [0.25, 0.3) is 0 Å². The third kappa shape index (κ3) is 4.23. The molecule has 0 saturated carbocycles. The number of rotatable bonds is 4. The molecule has 0 fully saturated rings. The minimum absolute atomic E-state index is 0.103. The topological polar surface area (TPSA) is 143 Å². The molecule has 0 aliphatic rings. The summed E-state index contributed by atoms with van der Waals surface area (Å²) in [6.45, 7) is 0. The van der Waals surface area contributed by atoms with E-state index in [0.717, 1.165) is 16.9 Å². The fourth-order valence-corrected chi connectivity index (χ4v) is 4.23. The van der Waals surface area contributed by atoms with Crippen LogP contribution >= 0.6 is 26.9 Å². The Bertz CT molecular complexity index is 706. The predicted octanol–water partition coefficient (Wildman–Crippen LogP) is 1.71. The van der Waals surface area contributed by atoms with E-state index < -0.39 is 20.7 Å². The number of thiazole rings is 1. The van der Waals surface area contributed by atoms with Crippen LogP contribution in [0.15, 0.2) is 41.5 Å². The van der Waals surface area contributed by atoms with Gasteiger partial charge < -0.3 is 9.79 Å². The molecule has 1 aromatic carbocycles. The Morgan fingerprint density at radius 3 is 2.33 bits per heavy atom. The number of hydrogen-bond acceptors (Lipinski definition) is 7. The second-order valence-electron chi connectivity index (χ2n) is 3.90. The Kier molecular flexibility index (Phi) is 4.67. The minimum Gasteiger partial charge on any atom is -0.317 e. The van der Waals surface area contributed by atoms with E-state index in [-0.39, 0.29) is 5.13 Å². The second kappa shape index (κ2) is 6.00. The predicted molar refractivity (Wildman–Crippen MR) is 80.3 cm³/mol. The lowest BCUT2D eigenvalue weighted by atomic mass is 10.2. The monoisotopic (exact) mass is 349 g/mol. The molecular formula is C10H11N2O6P2S+. The Labute approximate surface area is 123 Å². The van der Waals surface area contributed by atoms with Crippen LogP contribution in [0, 0.1) is 0 Å². The Hall–Kier alpha value is -1.02. The van der Waals surface area contributed by atoms with Crippen LogP contribution in [0.1, 0.15) is 0 Å². The molecule has 0 aliphatic heterocycles. The first-order valence-electron chi connectivity index (χ1n) is 5.42. The molecule has 0 saturated heterocycles. The third-order valence-corrected chi connectivity index (χ3v) is 6.06. The van der Waals surface area contributed by atoms with Crippen molar-refractivity contribution in [2.75, 3.05) is 0 Å². The van der Waals surface area contributed by atoms with E-state index in [4.69, 9.17) is 24.5 Å². The zero-order valence-electron chi connectivity index (χ0n) is 10.3. The average Bonchev–Trinajstić information content (AvgIpc) is 2.83. The van der Waals surface area contributed by atoms with Gasteiger partial charge in [-0.05, 0) is 5.56 Å². The van der Waals surface area contributed by atoms with Crippen molar-refractivity contribution in [3.05, 3.63) is 36.5 Å². The fraction of sp³-hybridized carbons (Fsp3) is 0. The van der Waals surface area contributed by atoms with Crippen molar-refractivity contribution in [1.29, 1.82) is 0 Å². The summed E-state index contributed by atoms with van der Waals surface area (Å²) in [5, 5.41) is -1.47. The highest BCUT2D eigenvalue weighted by molar-refractivity contribution is 8.00.